The van der Waals surface area contributed by atoms with E-state index in [-0.39, 0.29) is 5.91 Å². The molecule has 1 aromatic carbocycles. The zero-order chi connectivity index (χ0) is 16.9. The number of aromatic nitrogens is 2. The molecule has 0 fully saturated rings. The molecule has 0 atom stereocenters. The van der Waals surface area contributed by atoms with Gasteiger partial charge in [-0.05, 0) is 37.6 Å². The van der Waals surface area contributed by atoms with E-state index >= 15 is 0 Å². The Bertz CT molecular complexity index is 861. The smallest absolute Gasteiger partial charge is 0.257 e. The van der Waals surface area contributed by atoms with Crippen LogP contribution < -0.4 is 5.32 Å². The predicted molar refractivity (Wildman–Crippen MR) is 99.8 cm³/mol. The van der Waals surface area contributed by atoms with E-state index < -0.39 is 0 Å². The first-order valence-corrected chi connectivity index (χ1v) is 9.36. The van der Waals surface area contributed by atoms with Gasteiger partial charge < -0.3 is 5.32 Å². The maximum absolute atomic E-state index is 12.6. The van der Waals surface area contributed by atoms with Crippen LogP contribution in [0.5, 0.6) is 0 Å². The summed E-state index contributed by atoms with van der Waals surface area (Å²) in [5.74, 6) is 1.13. The van der Waals surface area contributed by atoms with Crippen molar-refractivity contribution in [2.75, 3.05) is 5.32 Å². The number of thioether (sulfide) groups is 1. The van der Waals surface area contributed by atoms with Crippen LogP contribution in [0.15, 0.2) is 52.2 Å². The molecular formula is C18H17N3OS2. The quantitative estimate of drug-likeness (QED) is 0.674. The number of nitrogens with zero attached hydrogens (tertiary/aromatic N) is 2. The van der Waals surface area contributed by atoms with Gasteiger partial charge in [0, 0.05) is 28.1 Å². The standard InChI is InChI=1S/C18H17N3OS2/c1-12-6-5-9-16(19-12)21-17(22)15-8-4-3-7-14(15)11-24-18-20-13(2)10-23-18/h3-10H,11H2,1-2H3,(H,19,21,22). The van der Waals surface area contributed by atoms with Crippen LogP contribution in [-0.4, -0.2) is 15.9 Å². The summed E-state index contributed by atoms with van der Waals surface area (Å²) in [6.07, 6.45) is 0. The molecule has 4 nitrogen and oxygen atoms in total. The van der Waals surface area contributed by atoms with Crippen LogP contribution in [0, 0.1) is 13.8 Å². The first kappa shape index (κ1) is 16.7. The fourth-order valence-electron chi connectivity index (χ4n) is 2.20. The molecule has 3 rings (SSSR count). The van der Waals surface area contributed by atoms with Gasteiger partial charge in [0.1, 0.15) is 10.2 Å². The SMILES string of the molecule is Cc1cccc(NC(=O)c2ccccc2CSc2nc(C)cs2)n1. The first-order valence-electron chi connectivity index (χ1n) is 7.49. The van der Waals surface area contributed by atoms with Crippen molar-refractivity contribution >= 4 is 34.8 Å². The van der Waals surface area contributed by atoms with Crippen molar-refractivity contribution in [3.05, 3.63) is 70.4 Å². The summed E-state index contributed by atoms with van der Waals surface area (Å²) in [7, 11) is 0. The molecule has 0 spiro atoms. The van der Waals surface area contributed by atoms with Gasteiger partial charge in [-0.1, -0.05) is 36.0 Å². The Hall–Kier alpha value is -2.18. The summed E-state index contributed by atoms with van der Waals surface area (Å²) in [4.78, 5) is 21.4. The lowest BCUT2D eigenvalue weighted by Crippen LogP contribution is -2.15. The van der Waals surface area contributed by atoms with E-state index in [2.05, 4.69) is 15.3 Å². The highest BCUT2D eigenvalue weighted by Crippen LogP contribution is 2.27. The Balaban J connectivity index is 1.74. The Kier molecular flexibility index (Phi) is 5.27. The summed E-state index contributed by atoms with van der Waals surface area (Å²) >= 11 is 3.28. The molecule has 0 radical (unpaired) electrons. The van der Waals surface area contributed by atoms with Crippen molar-refractivity contribution < 1.29 is 4.79 Å². The third-order valence-corrected chi connectivity index (χ3v) is 5.53. The molecule has 0 saturated carbocycles. The van der Waals surface area contributed by atoms with Crippen molar-refractivity contribution in [1.82, 2.24) is 9.97 Å². The number of rotatable bonds is 5. The number of thiazole rings is 1. The van der Waals surface area contributed by atoms with Gasteiger partial charge in [-0.15, -0.1) is 11.3 Å². The zero-order valence-electron chi connectivity index (χ0n) is 13.4. The molecule has 0 unspecified atom stereocenters. The van der Waals surface area contributed by atoms with Crippen LogP contribution >= 0.6 is 23.1 Å². The van der Waals surface area contributed by atoms with Crippen molar-refractivity contribution in [3.8, 4) is 0 Å². The Morgan fingerprint density at radius 1 is 1.08 bits per heavy atom. The molecule has 1 amide bonds. The minimum absolute atomic E-state index is 0.139. The Morgan fingerprint density at radius 3 is 2.67 bits per heavy atom. The fraction of sp³-hybridized carbons (Fsp3) is 0.167. The number of nitrogens with one attached hydrogen (secondary N) is 1. The van der Waals surface area contributed by atoms with E-state index in [0.717, 1.165) is 21.3 Å². The fourth-order valence-corrected chi connectivity index (χ4v) is 4.06. The van der Waals surface area contributed by atoms with E-state index in [9.17, 15) is 4.79 Å². The van der Waals surface area contributed by atoms with Crippen LogP contribution in [0.2, 0.25) is 0 Å². The Labute approximate surface area is 149 Å². The van der Waals surface area contributed by atoms with Crippen molar-refractivity contribution in [2.45, 2.75) is 23.9 Å². The average Bonchev–Trinajstić information content (AvgIpc) is 2.99. The van der Waals surface area contributed by atoms with Gasteiger partial charge in [-0.2, -0.15) is 0 Å². The first-order chi connectivity index (χ1) is 11.6. The summed E-state index contributed by atoms with van der Waals surface area (Å²) in [5, 5.41) is 4.90. The van der Waals surface area contributed by atoms with E-state index in [4.69, 9.17) is 0 Å². The van der Waals surface area contributed by atoms with Crippen LogP contribution in [-0.2, 0) is 5.75 Å². The maximum Gasteiger partial charge on any atom is 0.257 e. The lowest BCUT2D eigenvalue weighted by Gasteiger charge is -2.09. The molecule has 0 aliphatic heterocycles. The van der Waals surface area contributed by atoms with E-state index in [1.54, 1.807) is 29.2 Å². The highest BCUT2D eigenvalue weighted by Gasteiger charge is 2.12. The summed E-state index contributed by atoms with van der Waals surface area (Å²) < 4.78 is 1.02. The van der Waals surface area contributed by atoms with Crippen LogP contribution in [0.1, 0.15) is 27.3 Å². The Morgan fingerprint density at radius 2 is 1.92 bits per heavy atom. The lowest BCUT2D eigenvalue weighted by atomic mass is 10.1. The minimum atomic E-state index is -0.139. The predicted octanol–water partition coefficient (Wildman–Crippen LogP) is 4.70. The number of aryl methyl sites for hydroxylation is 2. The summed E-state index contributed by atoms with van der Waals surface area (Å²) in [5.41, 5.74) is 3.55. The van der Waals surface area contributed by atoms with Crippen LogP contribution in [0.25, 0.3) is 0 Å². The van der Waals surface area contributed by atoms with Gasteiger partial charge in [-0.3, -0.25) is 4.79 Å². The minimum Gasteiger partial charge on any atom is -0.307 e. The van der Waals surface area contributed by atoms with E-state index in [1.807, 2.05) is 55.6 Å². The maximum atomic E-state index is 12.6. The second-order valence-electron chi connectivity index (χ2n) is 5.32. The molecule has 1 N–H and O–H groups in total. The molecule has 3 aromatic rings. The third kappa shape index (κ3) is 4.21. The second kappa shape index (κ2) is 7.59. The monoisotopic (exact) mass is 355 g/mol. The van der Waals surface area contributed by atoms with Gasteiger partial charge in [0.05, 0.1) is 0 Å². The number of anilines is 1. The topological polar surface area (TPSA) is 54.9 Å². The van der Waals surface area contributed by atoms with Crippen molar-refractivity contribution in [2.24, 2.45) is 0 Å². The number of carbonyl (C=O) groups excluding carboxylic acids is 1. The van der Waals surface area contributed by atoms with Gasteiger partial charge in [0.2, 0.25) is 0 Å². The molecule has 0 aliphatic rings. The average molecular weight is 355 g/mol. The van der Waals surface area contributed by atoms with Gasteiger partial charge in [0.15, 0.2) is 0 Å². The number of amides is 1. The van der Waals surface area contributed by atoms with E-state index in [1.165, 1.54) is 0 Å². The number of hydrogen-bond donors (Lipinski definition) is 1. The highest BCUT2D eigenvalue weighted by atomic mass is 32.2. The molecule has 0 aliphatic carbocycles. The number of carbonyl (C=O) groups is 1. The molecule has 0 saturated heterocycles. The van der Waals surface area contributed by atoms with Gasteiger partial charge in [0.25, 0.3) is 5.91 Å². The second-order valence-corrected chi connectivity index (χ2v) is 7.40. The number of hydrogen-bond acceptors (Lipinski definition) is 5. The van der Waals surface area contributed by atoms with Gasteiger partial charge in [-0.25, -0.2) is 9.97 Å². The number of pyridine rings is 1. The molecule has 6 heteroatoms. The van der Waals surface area contributed by atoms with Crippen LogP contribution in [0.4, 0.5) is 5.82 Å². The lowest BCUT2D eigenvalue weighted by molar-refractivity contribution is 0.102. The largest absolute Gasteiger partial charge is 0.307 e. The molecule has 24 heavy (non-hydrogen) atoms. The van der Waals surface area contributed by atoms with E-state index in [0.29, 0.717) is 17.1 Å². The van der Waals surface area contributed by atoms with Crippen molar-refractivity contribution in [1.29, 1.82) is 0 Å². The summed E-state index contributed by atoms with van der Waals surface area (Å²) in [6.45, 7) is 3.88. The zero-order valence-corrected chi connectivity index (χ0v) is 15.1. The third-order valence-electron chi connectivity index (χ3n) is 3.34. The molecule has 2 heterocycles. The molecule has 2 aromatic heterocycles. The molecule has 0 bridgehead atoms. The summed E-state index contributed by atoms with van der Waals surface area (Å²) in [6, 6.07) is 13.2. The number of benzene rings is 1. The normalized spacial score (nSPS) is 10.6. The van der Waals surface area contributed by atoms with Crippen molar-refractivity contribution in [3.63, 3.8) is 0 Å². The molecule has 122 valence electrons. The van der Waals surface area contributed by atoms with Gasteiger partial charge >= 0.3 is 0 Å². The highest BCUT2D eigenvalue weighted by molar-refractivity contribution is 8.00. The van der Waals surface area contributed by atoms with Crippen LogP contribution in [0.3, 0.4) is 0 Å². The molecular weight excluding hydrogens is 338 g/mol.